The van der Waals surface area contributed by atoms with Crippen molar-refractivity contribution in [2.24, 2.45) is 11.8 Å². The molecule has 6 heteroatoms. The van der Waals surface area contributed by atoms with Gasteiger partial charge in [-0.3, -0.25) is 15.7 Å². The fourth-order valence-corrected chi connectivity index (χ4v) is 3.30. The van der Waals surface area contributed by atoms with Crippen LogP contribution in [0.2, 0.25) is 0 Å². The van der Waals surface area contributed by atoms with Crippen molar-refractivity contribution in [3.63, 3.8) is 0 Å². The normalized spacial score (nSPS) is 19.4. The Balaban J connectivity index is 1.70. The largest absolute Gasteiger partial charge is 0.381 e. The highest BCUT2D eigenvalue weighted by Gasteiger charge is 2.24. The number of nitrogens with one attached hydrogen (secondary N) is 1. The van der Waals surface area contributed by atoms with Gasteiger partial charge in [0.25, 0.3) is 0 Å². The molecule has 0 aliphatic carbocycles. The Morgan fingerprint density at radius 3 is 3.11 bits per heavy atom. The summed E-state index contributed by atoms with van der Waals surface area (Å²) >= 11 is 1.66. The Hall–Kier alpha value is -0.950. The summed E-state index contributed by atoms with van der Waals surface area (Å²) in [4.78, 5) is 5.66. The molecule has 0 aromatic carbocycles. The van der Waals surface area contributed by atoms with Gasteiger partial charge in [0.05, 0.1) is 5.69 Å². The number of nitrogens with zero attached hydrogens (tertiary/aromatic N) is 2. The van der Waals surface area contributed by atoms with E-state index in [-0.39, 0.29) is 0 Å². The highest BCUT2D eigenvalue weighted by molar-refractivity contribution is 7.15. The summed E-state index contributed by atoms with van der Waals surface area (Å²) in [6.45, 7) is 1.70. The number of imidazole rings is 1. The number of fused-ring (bicyclic) bond motifs is 1. The molecule has 2 aromatic rings. The lowest BCUT2D eigenvalue weighted by molar-refractivity contribution is 0.0537. The van der Waals surface area contributed by atoms with E-state index in [0.29, 0.717) is 12.0 Å². The van der Waals surface area contributed by atoms with Crippen LogP contribution in [0.3, 0.4) is 0 Å². The predicted molar refractivity (Wildman–Crippen MR) is 71.4 cm³/mol. The summed E-state index contributed by atoms with van der Waals surface area (Å²) in [5.41, 5.74) is 4.06. The van der Waals surface area contributed by atoms with E-state index in [1.807, 2.05) is 11.6 Å². The summed E-state index contributed by atoms with van der Waals surface area (Å²) in [6, 6.07) is 0.290. The topological polar surface area (TPSA) is 64.6 Å². The molecule has 1 fully saturated rings. The number of rotatable bonds is 4. The van der Waals surface area contributed by atoms with Gasteiger partial charge in [-0.2, -0.15) is 0 Å². The van der Waals surface area contributed by atoms with E-state index in [9.17, 15) is 0 Å². The molecule has 0 bridgehead atoms. The summed E-state index contributed by atoms with van der Waals surface area (Å²) in [7, 11) is 0. The lowest BCUT2D eigenvalue weighted by Crippen LogP contribution is -2.44. The van der Waals surface area contributed by atoms with E-state index in [4.69, 9.17) is 10.6 Å². The van der Waals surface area contributed by atoms with Crippen LogP contribution < -0.4 is 11.3 Å². The first-order chi connectivity index (χ1) is 8.86. The molecule has 98 valence electrons. The average Bonchev–Trinajstić information content (AvgIpc) is 2.97. The van der Waals surface area contributed by atoms with Crippen LogP contribution in [0.5, 0.6) is 0 Å². The smallest absolute Gasteiger partial charge is 0.193 e. The zero-order valence-electron chi connectivity index (χ0n) is 10.2. The van der Waals surface area contributed by atoms with Crippen molar-refractivity contribution in [2.75, 3.05) is 13.2 Å². The highest BCUT2D eigenvalue weighted by atomic mass is 32.1. The Bertz CT molecular complexity index is 474. The number of hydrazine groups is 1. The lowest BCUT2D eigenvalue weighted by Gasteiger charge is -2.29. The second-order valence-electron chi connectivity index (χ2n) is 4.75. The molecule has 1 atom stereocenters. The molecular weight excluding hydrogens is 248 g/mol. The van der Waals surface area contributed by atoms with Gasteiger partial charge in [-0.1, -0.05) is 0 Å². The van der Waals surface area contributed by atoms with Crippen LogP contribution in [0, 0.1) is 5.92 Å². The van der Waals surface area contributed by atoms with Crippen LogP contribution in [0.25, 0.3) is 4.96 Å². The number of ether oxygens (including phenoxy) is 1. The van der Waals surface area contributed by atoms with Gasteiger partial charge in [-0.25, -0.2) is 4.98 Å². The van der Waals surface area contributed by atoms with Crippen molar-refractivity contribution in [3.05, 3.63) is 23.5 Å². The van der Waals surface area contributed by atoms with Crippen LogP contribution in [0.1, 0.15) is 18.5 Å². The first kappa shape index (κ1) is 12.1. The van der Waals surface area contributed by atoms with Gasteiger partial charge >= 0.3 is 0 Å². The minimum absolute atomic E-state index is 0.290. The highest BCUT2D eigenvalue weighted by Crippen LogP contribution is 2.21. The zero-order valence-corrected chi connectivity index (χ0v) is 11.0. The zero-order chi connectivity index (χ0) is 12.4. The van der Waals surface area contributed by atoms with E-state index in [0.717, 1.165) is 43.1 Å². The van der Waals surface area contributed by atoms with Crippen molar-refractivity contribution in [1.82, 2.24) is 14.8 Å². The quantitative estimate of drug-likeness (QED) is 0.644. The van der Waals surface area contributed by atoms with Gasteiger partial charge in [-0.05, 0) is 18.8 Å². The maximum absolute atomic E-state index is 5.70. The van der Waals surface area contributed by atoms with Crippen LogP contribution in [-0.2, 0) is 11.2 Å². The number of aromatic nitrogens is 2. The molecule has 0 amide bonds. The van der Waals surface area contributed by atoms with Gasteiger partial charge in [0.1, 0.15) is 0 Å². The van der Waals surface area contributed by atoms with Crippen LogP contribution in [0.15, 0.2) is 17.8 Å². The molecule has 5 nitrogen and oxygen atoms in total. The van der Waals surface area contributed by atoms with E-state index in [2.05, 4.69) is 21.0 Å². The van der Waals surface area contributed by atoms with E-state index < -0.39 is 0 Å². The molecule has 3 heterocycles. The maximum Gasteiger partial charge on any atom is 0.193 e. The van der Waals surface area contributed by atoms with E-state index in [1.165, 1.54) is 0 Å². The number of hydrogen-bond acceptors (Lipinski definition) is 5. The van der Waals surface area contributed by atoms with Gasteiger partial charge in [0, 0.05) is 43.5 Å². The summed E-state index contributed by atoms with van der Waals surface area (Å²) in [5, 5.41) is 2.04. The van der Waals surface area contributed by atoms with Crippen LogP contribution in [0.4, 0.5) is 0 Å². The molecule has 3 N–H and O–H groups in total. The molecule has 1 unspecified atom stereocenters. The monoisotopic (exact) mass is 266 g/mol. The lowest BCUT2D eigenvalue weighted by atomic mass is 9.89. The van der Waals surface area contributed by atoms with Gasteiger partial charge in [0.15, 0.2) is 4.96 Å². The number of nitrogens with two attached hydrogens (primary N) is 1. The molecule has 0 radical (unpaired) electrons. The SMILES string of the molecule is NNC(Cc1cn2ccsc2n1)C1CCOCC1. The Kier molecular flexibility index (Phi) is 3.60. The molecule has 0 saturated carbocycles. The average molecular weight is 266 g/mol. The fraction of sp³-hybridized carbons (Fsp3) is 0.583. The third-order valence-corrected chi connectivity index (χ3v) is 4.39. The number of thiazole rings is 1. The molecule has 3 rings (SSSR count). The van der Waals surface area contributed by atoms with Crippen LogP contribution in [-0.4, -0.2) is 28.6 Å². The van der Waals surface area contributed by atoms with Crippen LogP contribution >= 0.6 is 11.3 Å². The van der Waals surface area contributed by atoms with E-state index >= 15 is 0 Å². The fourth-order valence-electron chi connectivity index (χ4n) is 2.58. The second kappa shape index (κ2) is 5.36. The molecule has 1 aliphatic rings. The molecule has 18 heavy (non-hydrogen) atoms. The molecule has 1 aliphatic heterocycles. The summed E-state index contributed by atoms with van der Waals surface area (Å²) in [5.74, 6) is 6.28. The van der Waals surface area contributed by atoms with Crippen molar-refractivity contribution >= 4 is 16.3 Å². The van der Waals surface area contributed by atoms with Crippen molar-refractivity contribution in [3.8, 4) is 0 Å². The molecule has 0 spiro atoms. The predicted octanol–water partition coefficient (Wildman–Crippen LogP) is 1.20. The minimum Gasteiger partial charge on any atom is -0.381 e. The number of hydrogen-bond donors (Lipinski definition) is 2. The van der Waals surface area contributed by atoms with Gasteiger partial charge < -0.3 is 4.74 Å². The third kappa shape index (κ3) is 2.42. The van der Waals surface area contributed by atoms with Crippen molar-refractivity contribution in [1.29, 1.82) is 0 Å². The van der Waals surface area contributed by atoms with Gasteiger partial charge in [0.2, 0.25) is 0 Å². The molecule has 1 saturated heterocycles. The van der Waals surface area contributed by atoms with Crippen molar-refractivity contribution < 1.29 is 4.74 Å². The Labute approximate surface area is 110 Å². The second-order valence-corrected chi connectivity index (χ2v) is 5.63. The minimum atomic E-state index is 0.290. The van der Waals surface area contributed by atoms with E-state index in [1.54, 1.807) is 11.3 Å². The standard InChI is InChI=1S/C12H18N4OS/c13-15-11(9-1-4-17-5-2-9)7-10-8-16-3-6-18-12(16)14-10/h3,6,8-9,11,15H,1-2,4-5,7,13H2. The first-order valence-electron chi connectivity index (χ1n) is 6.32. The maximum atomic E-state index is 5.70. The first-order valence-corrected chi connectivity index (χ1v) is 7.20. The molecule has 2 aromatic heterocycles. The summed E-state index contributed by atoms with van der Waals surface area (Å²) < 4.78 is 7.46. The van der Waals surface area contributed by atoms with Crippen molar-refractivity contribution in [2.45, 2.75) is 25.3 Å². The summed E-state index contributed by atoms with van der Waals surface area (Å²) in [6.07, 6.45) is 7.18. The Morgan fingerprint density at radius 1 is 1.56 bits per heavy atom. The third-order valence-electron chi connectivity index (χ3n) is 3.62. The Morgan fingerprint density at radius 2 is 2.39 bits per heavy atom. The molecular formula is C12H18N4OS. The van der Waals surface area contributed by atoms with Gasteiger partial charge in [-0.15, -0.1) is 11.3 Å².